The molecule has 0 spiro atoms. The molecule has 1 aromatic carbocycles. The summed E-state index contributed by atoms with van der Waals surface area (Å²) in [4.78, 5) is 13.5. The van der Waals surface area contributed by atoms with Crippen LogP contribution in [0.3, 0.4) is 0 Å². The van der Waals surface area contributed by atoms with E-state index in [4.69, 9.17) is 4.74 Å². The van der Waals surface area contributed by atoms with Gasteiger partial charge in [0, 0.05) is 43.2 Å². The number of hydrazone groups is 1. The van der Waals surface area contributed by atoms with Crippen molar-refractivity contribution in [2.45, 2.75) is 18.7 Å². The number of nitro groups is 1. The lowest BCUT2D eigenvalue weighted by Crippen LogP contribution is -2.35. The molecule has 0 atom stereocenters. The van der Waals surface area contributed by atoms with Gasteiger partial charge in [-0.3, -0.25) is 15.5 Å². The van der Waals surface area contributed by atoms with Crippen LogP contribution in [-0.2, 0) is 14.8 Å². The van der Waals surface area contributed by atoms with Gasteiger partial charge in [-0.1, -0.05) is 13.8 Å². The quantitative estimate of drug-likeness (QED) is 0.342. The number of anilines is 2. The average molecular weight is 468 g/mol. The summed E-state index contributed by atoms with van der Waals surface area (Å²) >= 11 is 1.57. The van der Waals surface area contributed by atoms with E-state index in [1.807, 2.05) is 12.1 Å². The number of benzene rings is 1. The molecule has 1 saturated heterocycles. The Labute approximate surface area is 185 Å². The average Bonchev–Trinajstić information content (AvgIpc) is 3.24. The molecule has 1 aromatic heterocycles. The third-order valence-electron chi connectivity index (χ3n) is 4.81. The van der Waals surface area contributed by atoms with Gasteiger partial charge in [0.1, 0.15) is 4.90 Å². The fraction of sp³-hybridized carbons (Fsp3) is 0.421. The molecule has 3 rings (SSSR count). The molecular weight excluding hydrogens is 442 g/mol. The summed E-state index contributed by atoms with van der Waals surface area (Å²) in [5.74, 6) is 0. The molecule has 1 aliphatic heterocycles. The van der Waals surface area contributed by atoms with Crippen molar-refractivity contribution in [2.24, 2.45) is 5.10 Å². The number of hydrogen-bond donors (Lipinski definition) is 1. The van der Waals surface area contributed by atoms with E-state index in [0.29, 0.717) is 13.2 Å². The minimum atomic E-state index is -3.92. The molecular formula is C19H25N5O5S2. The maximum absolute atomic E-state index is 13.0. The van der Waals surface area contributed by atoms with Crippen LogP contribution in [-0.4, -0.2) is 63.3 Å². The monoisotopic (exact) mass is 467 g/mol. The Morgan fingerprint density at radius 1 is 1.26 bits per heavy atom. The first-order valence-electron chi connectivity index (χ1n) is 9.87. The molecule has 1 aliphatic rings. The molecule has 0 saturated carbocycles. The van der Waals surface area contributed by atoms with Crippen LogP contribution >= 0.6 is 11.3 Å². The van der Waals surface area contributed by atoms with E-state index in [9.17, 15) is 18.5 Å². The van der Waals surface area contributed by atoms with Crippen molar-refractivity contribution in [3.8, 4) is 0 Å². The highest BCUT2D eigenvalue weighted by atomic mass is 32.2. The third kappa shape index (κ3) is 5.39. The van der Waals surface area contributed by atoms with E-state index in [-0.39, 0.29) is 29.4 Å². The van der Waals surface area contributed by atoms with E-state index in [1.54, 1.807) is 31.4 Å². The van der Waals surface area contributed by atoms with Crippen LogP contribution in [0.5, 0.6) is 0 Å². The van der Waals surface area contributed by atoms with E-state index < -0.39 is 14.9 Å². The molecule has 1 N–H and O–H groups in total. The number of nitrogens with one attached hydrogen (secondary N) is 1. The maximum Gasteiger partial charge on any atom is 0.270 e. The lowest BCUT2D eigenvalue weighted by atomic mass is 10.3. The van der Waals surface area contributed by atoms with Crippen LogP contribution in [0.1, 0.15) is 18.7 Å². The summed E-state index contributed by atoms with van der Waals surface area (Å²) in [7, 11) is -3.92. The SMILES string of the molecule is CCN(CC)S(=O)(=O)c1cc([N+](=O)[O-])ccc1NN=Cc1ccc(N2CCOCC2)s1. The molecule has 0 aliphatic carbocycles. The van der Waals surface area contributed by atoms with Crippen LogP contribution in [0.2, 0.25) is 0 Å². The highest BCUT2D eigenvalue weighted by Crippen LogP contribution is 2.29. The number of non-ortho nitro benzene ring substituents is 1. The predicted molar refractivity (Wildman–Crippen MR) is 122 cm³/mol. The Hall–Kier alpha value is -2.54. The Morgan fingerprint density at radius 3 is 2.61 bits per heavy atom. The van der Waals surface area contributed by atoms with Crippen LogP contribution < -0.4 is 10.3 Å². The number of hydrogen-bond acceptors (Lipinski definition) is 9. The number of nitrogens with zero attached hydrogens (tertiary/aromatic N) is 4. The lowest BCUT2D eigenvalue weighted by molar-refractivity contribution is -0.385. The molecule has 12 heteroatoms. The van der Waals surface area contributed by atoms with Gasteiger partial charge in [0.15, 0.2) is 0 Å². The van der Waals surface area contributed by atoms with Crippen molar-refractivity contribution in [1.82, 2.24) is 4.31 Å². The largest absolute Gasteiger partial charge is 0.378 e. The van der Waals surface area contributed by atoms with Crippen molar-refractivity contribution in [3.63, 3.8) is 0 Å². The summed E-state index contributed by atoms with van der Waals surface area (Å²) in [6.07, 6.45) is 1.60. The molecule has 0 bridgehead atoms. The van der Waals surface area contributed by atoms with Gasteiger partial charge in [-0.05, 0) is 18.2 Å². The topological polar surface area (TPSA) is 117 Å². The minimum absolute atomic E-state index is 0.178. The maximum atomic E-state index is 13.0. The Kier molecular flexibility index (Phi) is 7.59. The molecule has 0 radical (unpaired) electrons. The second-order valence-corrected chi connectivity index (χ2v) is 9.67. The molecule has 31 heavy (non-hydrogen) atoms. The minimum Gasteiger partial charge on any atom is -0.378 e. The first-order chi connectivity index (χ1) is 14.9. The Balaban J connectivity index is 1.82. The van der Waals surface area contributed by atoms with Gasteiger partial charge >= 0.3 is 0 Å². The fourth-order valence-corrected chi connectivity index (χ4v) is 5.71. The van der Waals surface area contributed by atoms with Gasteiger partial charge in [0.25, 0.3) is 5.69 Å². The highest BCUT2D eigenvalue weighted by Gasteiger charge is 2.27. The Bertz CT molecular complexity index is 1040. The number of morpholine rings is 1. The van der Waals surface area contributed by atoms with Crippen LogP contribution in [0.25, 0.3) is 0 Å². The Morgan fingerprint density at radius 2 is 1.97 bits per heavy atom. The van der Waals surface area contributed by atoms with Crippen molar-refractivity contribution >= 4 is 44.0 Å². The number of ether oxygens (including phenoxy) is 1. The zero-order valence-corrected chi connectivity index (χ0v) is 19.0. The second-order valence-electron chi connectivity index (χ2n) is 6.67. The highest BCUT2D eigenvalue weighted by molar-refractivity contribution is 7.89. The van der Waals surface area contributed by atoms with Gasteiger partial charge in [-0.25, -0.2) is 8.42 Å². The molecule has 0 unspecified atom stereocenters. The van der Waals surface area contributed by atoms with Crippen LogP contribution in [0, 0.1) is 10.1 Å². The fourth-order valence-electron chi connectivity index (χ4n) is 3.16. The summed E-state index contributed by atoms with van der Waals surface area (Å²) < 4.78 is 32.6. The zero-order chi connectivity index (χ0) is 22.4. The third-order valence-corrected chi connectivity index (χ3v) is 7.98. The lowest BCUT2D eigenvalue weighted by Gasteiger charge is -2.27. The standard InChI is InChI=1S/C19H25N5O5S2/c1-3-23(4-2)31(27,28)18-13-15(24(25)26)5-7-17(18)21-20-14-16-6-8-19(30-16)22-9-11-29-12-10-22/h5-8,13-14,21H,3-4,9-12H2,1-2H3. The van der Waals surface area contributed by atoms with Crippen molar-refractivity contribution in [3.05, 3.63) is 45.3 Å². The normalized spacial score (nSPS) is 15.0. The van der Waals surface area contributed by atoms with Gasteiger partial charge in [-0.15, -0.1) is 11.3 Å². The number of thiophene rings is 1. The van der Waals surface area contributed by atoms with E-state index in [1.165, 1.54) is 16.4 Å². The number of nitro benzene ring substituents is 1. The number of sulfonamides is 1. The summed E-state index contributed by atoms with van der Waals surface area (Å²) in [5, 5.41) is 16.5. The molecule has 168 valence electrons. The van der Waals surface area contributed by atoms with Gasteiger partial charge in [-0.2, -0.15) is 9.41 Å². The molecule has 2 aromatic rings. The van der Waals surface area contributed by atoms with Crippen LogP contribution in [0.15, 0.2) is 40.3 Å². The van der Waals surface area contributed by atoms with Crippen molar-refractivity contribution in [1.29, 1.82) is 0 Å². The molecule has 0 amide bonds. The predicted octanol–water partition coefficient (Wildman–Crippen LogP) is 2.97. The van der Waals surface area contributed by atoms with Crippen LogP contribution in [0.4, 0.5) is 16.4 Å². The first-order valence-corrected chi connectivity index (χ1v) is 12.1. The zero-order valence-electron chi connectivity index (χ0n) is 17.4. The van der Waals surface area contributed by atoms with Crippen molar-refractivity contribution < 1.29 is 18.1 Å². The second kappa shape index (κ2) is 10.2. The first kappa shape index (κ1) is 23.1. The van der Waals surface area contributed by atoms with Gasteiger partial charge in [0.05, 0.1) is 35.0 Å². The van der Waals surface area contributed by atoms with Gasteiger partial charge in [0.2, 0.25) is 10.0 Å². The van der Waals surface area contributed by atoms with Gasteiger partial charge < -0.3 is 9.64 Å². The van der Waals surface area contributed by atoms with E-state index in [2.05, 4.69) is 15.4 Å². The summed E-state index contributed by atoms with van der Waals surface area (Å²) in [6, 6.07) is 7.62. The summed E-state index contributed by atoms with van der Waals surface area (Å²) in [6.45, 7) is 7.02. The molecule has 2 heterocycles. The van der Waals surface area contributed by atoms with E-state index >= 15 is 0 Å². The number of rotatable bonds is 9. The molecule has 1 fully saturated rings. The van der Waals surface area contributed by atoms with E-state index in [0.717, 1.165) is 29.0 Å². The van der Waals surface area contributed by atoms with Crippen molar-refractivity contribution in [2.75, 3.05) is 49.7 Å². The summed E-state index contributed by atoms with van der Waals surface area (Å²) in [5.41, 5.74) is 2.62. The molecule has 10 nitrogen and oxygen atoms in total. The smallest absolute Gasteiger partial charge is 0.270 e.